The zero-order valence-electron chi connectivity index (χ0n) is 17.9. The number of esters is 3. The number of nitrogens with one attached hydrogen (secondary N) is 1. The minimum absolute atomic E-state index is 0.0325. The van der Waals surface area contributed by atoms with Gasteiger partial charge in [-0.05, 0) is 52.9 Å². The lowest BCUT2D eigenvalue weighted by Gasteiger charge is -2.33. The zero-order valence-corrected chi connectivity index (χ0v) is 17.9. The molecule has 5 atom stereocenters. The van der Waals surface area contributed by atoms with Crippen LogP contribution >= 0.6 is 0 Å². The Labute approximate surface area is 170 Å². The van der Waals surface area contributed by atoms with E-state index >= 15 is 0 Å². The van der Waals surface area contributed by atoms with Gasteiger partial charge in [-0.1, -0.05) is 0 Å². The molecule has 0 aromatic heterocycles. The molecule has 2 aliphatic rings. The van der Waals surface area contributed by atoms with Crippen molar-refractivity contribution >= 4 is 24.0 Å². The lowest BCUT2D eigenvalue weighted by molar-refractivity contribution is -0.154. The fourth-order valence-corrected chi connectivity index (χ4v) is 4.44. The molecule has 1 amide bonds. The Kier molecular flexibility index (Phi) is 6.80. The van der Waals surface area contributed by atoms with Crippen molar-refractivity contribution in [3.05, 3.63) is 0 Å². The largest absolute Gasteiger partial charge is 0.469 e. The van der Waals surface area contributed by atoms with Crippen molar-refractivity contribution in [2.24, 2.45) is 23.7 Å². The average Bonchev–Trinajstić information content (AvgIpc) is 3.28. The van der Waals surface area contributed by atoms with Crippen LogP contribution in [0.4, 0.5) is 4.79 Å². The summed E-state index contributed by atoms with van der Waals surface area (Å²) >= 11 is 0. The summed E-state index contributed by atoms with van der Waals surface area (Å²) in [5.74, 6) is -3.27. The van der Waals surface area contributed by atoms with Gasteiger partial charge >= 0.3 is 24.0 Å². The topological polar surface area (TPSA) is 117 Å². The van der Waals surface area contributed by atoms with Crippen LogP contribution in [0.15, 0.2) is 0 Å². The van der Waals surface area contributed by atoms with Gasteiger partial charge in [-0.25, -0.2) is 9.59 Å². The molecule has 2 rings (SSSR count). The fourth-order valence-electron chi connectivity index (χ4n) is 4.44. The first-order chi connectivity index (χ1) is 13.5. The molecule has 0 radical (unpaired) electrons. The molecular weight excluding hydrogens is 382 g/mol. The molecule has 0 aliphatic heterocycles. The smallest absolute Gasteiger partial charge is 0.408 e. The number of hydrogen-bond acceptors (Lipinski definition) is 8. The molecule has 1 N–H and O–H groups in total. The summed E-state index contributed by atoms with van der Waals surface area (Å²) in [5, 5.41) is 2.68. The highest BCUT2D eigenvalue weighted by atomic mass is 16.6. The highest BCUT2D eigenvalue weighted by Gasteiger charge is 2.76. The van der Waals surface area contributed by atoms with E-state index in [1.807, 2.05) is 0 Å². The van der Waals surface area contributed by atoms with E-state index < -0.39 is 47.0 Å². The Morgan fingerprint density at radius 1 is 1.07 bits per heavy atom. The maximum atomic E-state index is 13.0. The Morgan fingerprint density at radius 2 is 1.69 bits per heavy atom. The van der Waals surface area contributed by atoms with Crippen LogP contribution in [0.25, 0.3) is 0 Å². The number of ether oxygens (including phenoxy) is 4. The average molecular weight is 413 g/mol. The number of carbonyl (C=O) groups excluding carboxylic acids is 4. The molecule has 0 aromatic rings. The van der Waals surface area contributed by atoms with Gasteiger partial charge in [0, 0.05) is 12.3 Å². The molecule has 0 heterocycles. The molecule has 0 bridgehead atoms. The third-order valence-electron chi connectivity index (χ3n) is 5.35. The van der Waals surface area contributed by atoms with Crippen molar-refractivity contribution in [3.63, 3.8) is 0 Å². The van der Waals surface area contributed by atoms with Crippen molar-refractivity contribution < 1.29 is 38.1 Å². The van der Waals surface area contributed by atoms with E-state index in [4.69, 9.17) is 18.9 Å². The van der Waals surface area contributed by atoms with Gasteiger partial charge in [-0.15, -0.1) is 0 Å². The lowest BCUT2D eigenvalue weighted by Crippen LogP contribution is -2.58. The van der Waals surface area contributed by atoms with Crippen molar-refractivity contribution in [3.8, 4) is 0 Å². The van der Waals surface area contributed by atoms with Crippen molar-refractivity contribution in [2.75, 3.05) is 20.3 Å². The number of hydrogen-bond donors (Lipinski definition) is 1. The van der Waals surface area contributed by atoms with Crippen molar-refractivity contribution in [2.45, 2.75) is 58.6 Å². The summed E-state index contributed by atoms with van der Waals surface area (Å²) in [6.07, 6.45) is -0.589. The molecule has 2 fully saturated rings. The number of methoxy groups -OCH3 is 1. The van der Waals surface area contributed by atoms with Gasteiger partial charge in [-0.3, -0.25) is 9.59 Å². The van der Waals surface area contributed by atoms with E-state index in [2.05, 4.69) is 5.32 Å². The van der Waals surface area contributed by atoms with Gasteiger partial charge in [0.05, 0.1) is 26.2 Å². The molecular formula is C20H31NO8. The second-order valence-electron chi connectivity index (χ2n) is 8.44. The van der Waals surface area contributed by atoms with E-state index in [1.54, 1.807) is 34.6 Å². The van der Waals surface area contributed by atoms with Crippen LogP contribution in [-0.4, -0.2) is 55.5 Å². The van der Waals surface area contributed by atoms with Crippen LogP contribution in [0.5, 0.6) is 0 Å². The number of rotatable bonds is 7. The van der Waals surface area contributed by atoms with E-state index in [1.165, 1.54) is 7.11 Å². The van der Waals surface area contributed by atoms with Crippen molar-refractivity contribution in [1.29, 1.82) is 0 Å². The zero-order chi connectivity index (χ0) is 22.0. The van der Waals surface area contributed by atoms with Crippen LogP contribution < -0.4 is 5.32 Å². The van der Waals surface area contributed by atoms with Gasteiger partial charge in [0.25, 0.3) is 0 Å². The predicted octanol–water partition coefficient (Wildman–Crippen LogP) is 1.82. The third kappa shape index (κ3) is 4.82. The Bertz CT molecular complexity index is 670. The maximum Gasteiger partial charge on any atom is 0.408 e. The molecule has 0 aromatic carbocycles. The summed E-state index contributed by atoms with van der Waals surface area (Å²) in [4.78, 5) is 49.9. The summed E-state index contributed by atoms with van der Waals surface area (Å²) in [7, 11) is 1.28. The SMILES string of the molecule is CCOC(=O)[C@@H]1[C@H]2[C@H](CC(=O)OC)C[C@](NC(=O)OC(C)(C)C)(C(=O)OCC)[C@H]12. The Morgan fingerprint density at radius 3 is 2.21 bits per heavy atom. The predicted molar refractivity (Wildman–Crippen MR) is 101 cm³/mol. The first-order valence-corrected chi connectivity index (χ1v) is 9.92. The standard InChI is InChI=1S/C20H31NO8/c1-7-27-16(23)14-13-11(9-12(22)26-6)10-20(15(13)14,17(24)28-8-2)21-18(25)29-19(3,4)5/h11,13-15H,7-10H2,1-6H3,(H,21,25)/t11-,13-,14-,15+,20-/m1/s1. The van der Waals surface area contributed by atoms with E-state index in [-0.39, 0.29) is 37.9 Å². The second-order valence-corrected chi connectivity index (χ2v) is 8.44. The molecule has 0 spiro atoms. The summed E-state index contributed by atoms with van der Waals surface area (Å²) in [5.41, 5.74) is -2.23. The molecule has 0 unspecified atom stereocenters. The van der Waals surface area contributed by atoms with Gasteiger partial charge < -0.3 is 24.3 Å². The fraction of sp³-hybridized carbons (Fsp3) is 0.800. The third-order valence-corrected chi connectivity index (χ3v) is 5.35. The Hall–Kier alpha value is -2.32. The lowest BCUT2D eigenvalue weighted by atomic mass is 9.85. The van der Waals surface area contributed by atoms with E-state index in [0.717, 1.165) is 0 Å². The summed E-state index contributed by atoms with van der Waals surface area (Å²) in [6.45, 7) is 8.79. The van der Waals surface area contributed by atoms with Crippen LogP contribution in [0.3, 0.4) is 0 Å². The number of carbonyl (C=O) groups is 4. The van der Waals surface area contributed by atoms with Crippen LogP contribution in [0.1, 0.15) is 47.5 Å². The maximum absolute atomic E-state index is 13.0. The first-order valence-electron chi connectivity index (χ1n) is 9.92. The highest BCUT2D eigenvalue weighted by Crippen LogP contribution is 2.66. The normalized spacial score (nSPS) is 30.0. The minimum Gasteiger partial charge on any atom is -0.469 e. The van der Waals surface area contributed by atoms with Crippen LogP contribution in [0.2, 0.25) is 0 Å². The minimum atomic E-state index is -1.46. The van der Waals surface area contributed by atoms with Gasteiger partial charge in [0.2, 0.25) is 0 Å². The molecule has 9 heteroatoms. The second kappa shape index (κ2) is 8.59. The molecule has 9 nitrogen and oxygen atoms in total. The van der Waals surface area contributed by atoms with E-state index in [0.29, 0.717) is 0 Å². The molecule has 2 aliphatic carbocycles. The monoisotopic (exact) mass is 413 g/mol. The number of alkyl carbamates (subject to hydrolysis) is 1. The van der Waals surface area contributed by atoms with Crippen LogP contribution in [0, 0.1) is 23.7 Å². The Balaban J connectivity index is 2.36. The summed E-state index contributed by atoms with van der Waals surface area (Å²) < 4.78 is 20.5. The van der Waals surface area contributed by atoms with Crippen molar-refractivity contribution in [1.82, 2.24) is 5.32 Å². The molecule has 164 valence electrons. The highest BCUT2D eigenvalue weighted by molar-refractivity contribution is 5.91. The number of amides is 1. The molecule has 2 saturated carbocycles. The summed E-state index contributed by atoms with van der Waals surface area (Å²) in [6, 6.07) is 0. The first kappa shape index (κ1) is 23.0. The quantitative estimate of drug-likeness (QED) is 0.496. The molecule has 29 heavy (non-hydrogen) atoms. The van der Waals surface area contributed by atoms with Gasteiger partial charge in [0.1, 0.15) is 11.1 Å². The molecule has 0 saturated heterocycles. The van der Waals surface area contributed by atoms with E-state index in [9.17, 15) is 19.2 Å². The van der Waals surface area contributed by atoms with Crippen LogP contribution in [-0.2, 0) is 33.3 Å². The van der Waals surface area contributed by atoms with Gasteiger partial charge in [-0.2, -0.15) is 0 Å². The number of fused-ring (bicyclic) bond motifs is 1. The van der Waals surface area contributed by atoms with Gasteiger partial charge in [0.15, 0.2) is 0 Å².